The van der Waals surface area contributed by atoms with Crippen molar-refractivity contribution in [3.8, 4) is 0 Å². The predicted octanol–water partition coefficient (Wildman–Crippen LogP) is 1.23. The molecular weight excluding hydrogens is 128 g/mol. The lowest BCUT2D eigenvalue weighted by Crippen LogP contribution is -2.24. The largest absolute Gasteiger partial charge is 0.260 e. The molecule has 48 valence electrons. The summed E-state index contributed by atoms with van der Waals surface area (Å²) >= 11 is 5.39. The third-order valence-corrected chi connectivity index (χ3v) is 1.44. The maximum absolute atomic E-state index is 9.72. The highest BCUT2D eigenvalue weighted by Crippen LogP contribution is 1.96. The van der Waals surface area contributed by atoms with Crippen molar-refractivity contribution in [3.63, 3.8) is 0 Å². The van der Waals surface area contributed by atoms with Crippen LogP contribution in [0.2, 0.25) is 0 Å². The minimum absolute atomic E-state index is 0.0363. The van der Waals surface area contributed by atoms with Crippen LogP contribution in [0.1, 0.15) is 6.92 Å². The monoisotopic (exact) mass is 136 g/mol. The molecule has 0 N–H and O–H groups in total. The molecule has 1 atom stereocenters. The normalized spacial score (nSPS) is 12.9. The first-order valence-corrected chi connectivity index (χ1v) is 2.88. The molecule has 0 spiro atoms. The second kappa shape index (κ2) is 3.66. The van der Waals surface area contributed by atoms with E-state index in [0.29, 0.717) is 5.88 Å². The summed E-state index contributed by atoms with van der Waals surface area (Å²) in [5, 5.41) is 3.94. The van der Waals surface area contributed by atoms with E-state index >= 15 is 0 Å². The predicted molar refractivity (Wildman–Crippen MR) is 33.7 cm³/mol. The third kappa shape index (κ3) is 2.12. The van der Waals surface area contributed by atoms with Crippen LogP contribution in [0.15, 0.2) is 5.29 Å². The van der Waals surface area contributed by atoms with Gasteiger partial charge in [0.15, 0.2) is 0 Å². The molecule has 4 heteroatoms. The summed E-state index contributed by atoms with van der Waals surface area (Å²) < 4.78 is 0. The maximum atomic E-state index is 9.72. The number of hydrogen-bond acceptors (Lipinski definition) is 2. The summed E-state index contributed by atoms with van der Waals surface area (Å²) in [4.78, 5) is 9.72. The Morgan fingerprint density at radius 1 is 1.88 bits per heavy atom. The van der Waals surface area contributed by atoms with Crippen LogP contribution in [0.3, 0.4) is 0 Å². The van der Waals surface area contributed by atoms with E-state index in [-0.39, 0.29) is 6.04 Å². The van der Waals surface area contributed by atoms with Gasteiger partial charge in [-0.2, -0.15) is 0 Å². The van der Waals surface area contributed by atoms with Crippen molar-refractivity contribution >= 4 is 11.6 Å². The van der Waals surface area contributed by atoms with Crippen LogP contribution >= 0.6 is 11.6 Å². The zero-order chi connectivity index (χ0) is 6.57. The van der Waals surface area contributed by atoms with Crippen molar-refractivity contribution in [2.45, 2.75) is 13.0 Å². The number of rotatable bonds is 3. The van der Waals surface area contributed by atoms with Gasteiger partial charge in [0.2, 0.25) is 0 Å². The summed E-state index contributed by atoms with van der Waals surface area (Å²) in [5.41, 5.74) is 0. The van der Waals surface area contributed by atoms with E-state index in [2.05, 4.69) is 5.29 Å². The van der Waals surface area contributed by atoms with Crippen LogP contribution < -0.4 is 0 Å². The lowest BCUT2D eigenvalue weighted by atomic mass is 10.4. The van der Waals surface area contributed by atoms with Crippen molar-refractivity contribution < 1.29 is 0 Å². The molecule has 0 aliphatic rings. The molecule has 0 rings (SSSR count). The molecule has 0 bridgehead atoms. The van der Waals surface area contributed by atoms with E-state index in [4.69, 9.17) is 11.6 Å². The Bertz CT molecular complexity index is 78.4. The molecule has 8 heavy (non-hydrogen) atoms. The molecule has 0 aliphatic carbocycles. The summed E-state index contributed by atoms with van der Waals surface area (Å²) in [6, 6.07) is 0.0363. The van der Waals surface area contributed by atoms with Gasteiger partial charge in [0.1, 0.15) is 0 Å². The molecule has 0 aromatic heterocycles. The van der Waals surface area contributed by atoms with Gasteiger partial charge in [0.25, 0.3) is 0 Å². The standard InChI is InChI=1S/C4H9ClN2O/c1-4(3-5)7(2)6-8/h4H,3H2,1-2H3. The van der Waals surface area contributed by atoms with E-state index in [1.807, 2.05) is 6.92 Å². The molecule has 0 aliphatic heterocycles. The SMILES string of the molecule is CC(CCl)N(C)N=O. The van der Waals surface area contributed by atoms with Crippen molar-refractivity contribution in [1.29, 1.82) is 0 Å². The topological polar surface area (TPSA) is 32.7 Å². The number of halogens is 1. The fourth-order valence-corrected chi connectivity index (χ4v) is 0.380. The highest BCUT2D eigenvalue weighted by molar-refractivity contribution is 6.18. The average molecular weight is 137 g/mol. The molecule has 0 aromatic carbocycles. The van der Waals surface area contributed by atoms with E-state index in [0.717, 1.165) is 0 Å². The van der Waals surface area contributed by atoms with Gasteiger partial charge in [-0.3, -0.25) is 5.01 Å². The van der Waals surface area contributed by atoms with Gasteiger partial charge in [-0.1, -0.05) is 0 Å². The summed E-state index contributed by atoms with van der Waals surface area (Å²) in [7, 11) is 1.60. The molecule has 3 nitrogen and oxygen atoms in total. The Hall–Kier alpha value is -0.310. The van der Waals surface area contributed by atoms with Gasteiger partial charge >= 0.3 is 0 Å². The highest BCUT2D eigenvalue weighted by atomic mass is 35.5. The Balaban J connectivity index is 3.44. The number of nitroso groups, excluding NO2 is 1. The van der Waals surface area contributed by atoms with E-state index in [1.165, 1.54) is 5.01 Å². The van der Waals surface area contributed by atoms with Crippen molar-refractivity contribution in [2.75, 3.05) is 12.9 Å². The van der Waals surface area contributed by atoms with Crippen molar-refractivity contribution in [1.82, 2.24) is 5.01 Å². The lowest BCUT2D eigenvalue weighted by Gasteiger charge is -2.13. The van der Waals surface area contributed by atoms with Crippen LogP contribution in [0.5, 0.6) is 0 Å². The smallest absolute Gasteiger partial charge is 0.0606 e. The molecule has 0 heterocycles. The molecular formula is C4H9ClN2O. The zero-order valence-electron chi connectivity index (χ0n) is 4.97. The van der Waals surface area contributed by atoms with Crippen LogP contribution in [0, 0.1) is 4.91 Å². The van der Waals surface area contributed by atoms with Gasteiger partial charge in [0, 0.05) is 12.9 Å². The highest BCUT2D eigenvalue weighted by Gasteiger charge is 2.03. The van der Waals surface area contributed by atoms with Crippen LogP contribution in [0.4, 0.5) is 0 Å². The fraction of sp³-hybridized carbons (Fsp3) is 1.00. The first-order valence-electron chi connectivity index (χ1n) is 2.34. The van der Waals surface area contributed by atoms with Gasteiger partial charge in [-0.15, -0.1) is 16.5 Å². The zero-order valence-corrected chi connectivity index (χ0v) is 5.72. The quantitative estimate of drug-likeness (QED) is 0.332. The number of hydrogen-bond donors (Lipinski definition) is 0. The van der Waals surface area contributed by atoms with E-state index in [9.17, 15) is 4.91 Å². The third-order valence-electron chi connectivity index (χ3n) is 0.990. The van der Waals surface area contributed by atoms with Crippen LogP contribution in [-0.4, -0.2) is 24.0 Å². The molecule has 1 unspecified atom stereocenters. The van der Waals surface area contributed by atoms with Gasteiger partial charge < -0.3 is 0 Å². The van der Waals surface area contributed by atoms with E-state index in [1.54, 1.807) is 7.05 Å². The second-order valence-corrected chi connectivity index (χ2v) is 1.97. The second-order valence-electron chi connectivity index (χ2n) is 1.66. The minimum Gasteiger partial charge on any atom is -0.260 e. The maximum Gasteiger partial charge on any atom is 0.0606 e. The van der Waals surface area contributed by atoms with Gasteiger partial charge in [-0.25, -0.2) is 0 Å². The Kier molecular flexibility index (Phi) is 3.52. The van der Waals surface area contributed by atoms with E-state index < -0.39 is 0 Å². The first kappa shape index (κ1) is 7.69. The lowest BCUT2D eigenvalue weighted by molar-refractivity contribution is 0.287. The number of alkyl halides is 1. The van der Waals surface area contributed by atoms with Crippen LogP contribution in [0.25, 0.3) is 0 Å². The van der Waals surface area contributed by atoms with Crippen molar-refractivity contribution in [3.05, 3.63) is 4.91 Å². The fourth-order valence-electron chi connectivity index (χ4n) is 0.180. The minimum atomic E-state index is 0.0363. The first-order chi connectivity index (χ1) is 3.72. The Morgan fingerprint density at radius 2 is 2.38 bits per heavy atom. The molecule has 0 radical (unpaired) electrons. The summed E-state index contributed by atoms with van der Waals surface area (Å²) in [5.74, 6) is 0.433. The molecule has 0 saturated carbocycles. The van der Waals surface area contributed by atoms with Crippen LogP contribution in [-0.2, 0) is 0 Å². The molecule has 0 saturated heterocycles. The molecule has 0 amide bonds. The summed E-state index contributed by atoms with van der Waals surface area (Å²) in [6.45, 7) is 1.83. The summed E-state index contributed by atoms with van der Waals surface area (Å²) in [6.07, 6.45) is 0. The number of nitrogens with zero attached hydrogens (tertiary/aromatic N) is 2. The van der Waals surface area contributed by atoms with Gasteiger partial charge in [-0.05, 0) is 6.92 Å². The average Bonchev–Trinajstić information content (AvgIpc) is 1.84. The van der Waals surface area contributed by atoms with Crippen molar-refractivity contribution in [2.24, 2.45) is 5.29 Å². The molecule has 0 fully saturated rings. The Labute approximate surface area is 53.6 Å². The molecule has 0 aromatic rings. The Morgan fingerprint density at radius 3 is 2.50 bits per heavy atom. The van der Waals surface area contributed by atoms with Gasteiger partial charge in [0.05, 0.1) is 11.3 Å².